The van der Waals surface area contributed by atoms with Crippen LogP contribution in [0.4, 0.5) is 10.7 Å². The highest BCUT2D eigenvalue weighted by Gasteiger charge is 2.18. The van der Waals surface area contributed by atoms with Crippen molar-refractivity contribution in [3.63, 3.8) is 0 Å². The van der Waals surface area contributed by atoms with Gasteiger partial charge in [-0.25, -0.2) is 9.36 Å². The molecule has 0 spiro atoms. The molecule has 100 valence electrons. The summed E-state index contributed by atoms with van der Waals surface area (Å²) in [4.78, 5) is 24.7. The van der Waals surface area contributed by atoms with E-state index in [1.807, 2.05) is 0 Å². The molecule has 9 nitrogen and oxygen atoms in total. The van der Waals surface area contributed by atoms with Crippen LogP contribution < -0.4 is 5.32 Å². The lowest BCUT2D eigenvalue weighted by Gasteiger charge is -2.04. The van der Waals surface area contributed by atoms with E-state index in [1.165, 1.54) is 17.8 Å². The van der Waals surface area contributed by atoms with Crippen molar-refractivity contribution in [2.75, 3.05) is 13.2 Å². The topological polar surface area (TPSA) is 122 Å². The number of nitro groups is 1. The van der Waals surface area contributed by atoms with Gasteiger partial charge in [0.2, 0.25) is 0 Å². The van der Waals surface area contributed by atoms with Crippen molar-refractivity contribution in [1.82, 2.24) is 14.9 Å². The minimum atomic E-state index is -0.618. The lowest BCUT2D eigenvalue weighted by Crippen LogP contribution is -2.26. The van der Waals surface area contributed by atoms with Gasteiger partial charge in [-0.05, 0) is 4.92 Å². The predicted molar refractivity (Wildman–Crippen MR) is 61.1 cm³/mol. The van der Waals surface area contributed by atoms with Gasteiger partial charge in [-0.15, -0.1) is 0 Å². The zero-order valence-corrected chi connectivity index (χ0v) is 9.88. The second kappa shape index (κ2) is 6.55. The van der Waals surface area contributed by atoms with Crippen LogP contribution in [0.3, 0.4) is 0 Å². The summed E-state index contributed by atoms with van der Waals surface area (Å²) in [5.74, 6) is -0.303. The molecule has 0 unspecified atom stereocenters. The smallest absolute Gasteiger partial charge is 0.434 e. The number of carbonyl (C=O) groups is 1. The third-order valence-electron chi connectivity index (χ3n) is 2.20. The standard InChI is InChI=1S/C9H14N4O5/c1-12-7(5-11-8(12)13(16)17)6-18-9(15)10-3-2-4-14/h5,14H,2-4,6H2,1H3,(H,10,15)/p+1. The van der Waals surface area contributed by atoms with Crippen molar-refractivity contribution in [2.45, 2.75) is 13.0 Å². The number of nitrogens with zero attached hydrogens (tertiary/aromatic N) is 3. The molecule has 1 amide bonds. The van der Waals surface area contributed by atoms with Gasteiger partial charge < -0.3 is 25.3 Å². The van der Waals surface area contributed by atoms with Crippen molar-refractivity contribution in [2.24, 2.45) is 7.05 Å². The Morgan fingerprint density at radius 1 is 1.72 bits per heavy atom. The summed E-state index contributed by atoms with van der Waals surface area (Å²) in [6.07, 6.45) is 1.22. The highest BCUT2D eigenvalue weighted by molar-refractivity contribution is 5.67. The van der Waals surface area contributed by atoms with Crippen LogP contribution in [0, 0.1) is 10.1 Å². The van der Waals surface area contributed by atoms with Crippen LogP contribution in [0.25, 0.3) is 0 Å². The van der Waals surface area contributed by atoms with Crippen LogP contribution in [0.1, 0.15) is 12.1 Å². The van der Waals surface area contributed by atoms with Crippen LogP contribution in [0.2, 0.25) is 0 Å². The number of hydrogen-bond donors (Lipinski definition) is 1. The maximum Gasteiger partial charge on any atom is 0.434 e. The molecule has 0 atom stereocenters. The van der Waals surface area contributed by atoms with E-state index in [2.05, 4.69) is 10.3 Å². The number of alkyl carbamates (subject to hydrolysis) is 1. The Bertz CT molecular complexity index is 431. The molecule has 1 heterocycles. The molecule has 3 N–H and O–H groups in total. The Kier molecular flexibility index (Phi) is 5.06. The number of hydrogen-bond acceptors (Lipinski definition) is 5. The van der Waals surface area contributed by atoms with Crippen molar-refractivity contribution in [3.05, 3.63) is 22.0 Å². The first-order valence-corrected chi connectivity index (χ1v) is 5.26. The Morgan fingerprint density at radius 3 is 3.00 bits per heavy atom. The van der Waals surface area contributed by atoms with E-state index >= 15 is 0 Å². The zero-order valence-electron chi connectivity index (χ0n) is 9.88. The van der Waals surface area contributed by atoms with E-state index in [0.717, 1.165) is 0 Å². The molecular weight excluding hydrogens is 244 g/mol. The third-order valence-corrected chi connectivity index (χ3v) is 2.20. The van der Waals surface area contributed by atoms with E-state index in [9.17, 15) is 14.9 Å². The lowest BCUT2D eigenvalue weighted by molar-refractivity contribution is -0.396. The first-order valence-electron chi connectivity index (χ1n) is 5.26. The second-order valence-electron chi connectivity index (χ2n) is 3.47. The van der Waals surface area contributed by atoms with Gasteiger partial charge in [-0.3, -0.25) is 0 Å². The molecule has 18 heavy (non-hydrogen) atoms. The third kappa shape index (κ3) is 3.70. The van der Waals surface area contributed by atoms with Crippen molar-refractivity contribution < 1.29 is 19.6 Å². The number of rotatable bonds is 6. The fourth-order valence-electron chi connectivity index (χ4n) is 1.21. The largest absolute Gasteiger partial charge is 0.445 e. The van der Waals surface area contributed by atoms with E-state index < -0.39 is 11.0 Å². The van der Waals surface area contributed by atoms with Gasteiger partial charge in [0.1, 0.15) is 12.8 Å². The average molecular weight is 259 g/mol. The fourth-order valence-corrected chi connectivity index (χ4v) is 1.21. The number of aromatic nitrogens is 2. The van der Waals surface area contributed by atoms with Gasteiger partial charge in [-0.1, -0.05) is 4.98 Å². The molecule has 0 aliphatic rings. The highest BCUT2D eigenvalue weighted by Crippen LogP contribution is 2.11. The summed E-state index contributed by atoms with van der Waals surface area (Å²) in [7, 11) is 1.47. The summed E-state index contributed by atoms with van der Waals surface area (Å²) in [6.45, 7) is 0.506. The molecule has 9 heteroatoms. The molecule has 0 fully saturated rings. The Balaban J connectivity index is 2.44. The van der Waals surface area contributed by atoms with Crippen molar-refractivity contribution in [3.8, 4) is 0 Å². The number of carbonyl (C=O) groups excluding carboxylic acids is 1. The molecule has 1 aromatic heterocycles. The minimum Gasteiger partial charge on any atom is -0.445 e. The normalized spacial score (nSPS) is 10.1. The molecular formula is C9H15N4O5+. The summed E-state index contributed by atoms with van der Waals surface area (Å²) < 4.78 is 6.10. The quantitative estimate of drug-likeness (QED) is 0.324. The fraction of sp³-hybridized carbons (Fsp3) is 0.556. The molecule has 0 saturated heterocycles. The predicted octanol–water partition coefficient (Wildman–Crippen LogP) is -0.331. The second-order valence-corrected chi connectivity index (χ2v) is 3.47. The molecule has 0 saturated carbocycles. The summed E-state index contributed by atoms with van der Waals surface area (Å²) in [5, 5.41) is 19.9. The number of amides is 1. The highest BCUT2D eigenvalue weighted by atomic mass is 16.6. The Hall–Kier alpha value is -2.16. The molecule has 0 bridgehead atoms. The molecule has 0 aromatic carbocycles. The summed E-state index contributed by atoms with van der Waals surface area (Å²) >= 11 is 0. The molecule has 0 aliphatic heterocycles. The summed E-state index contributed by atoms with van der Waals surface area (Å²) in [6, 6.07) is 0. The van der Waals surface area contributed by atoms with E-state index in [1.54, 1.807) is 0 Å². The van der Waals surface area contributed by atoms with Crippen LogP contribution in [0.5, 0.6) is 0 Å². The van der Waals surface area contributed by atoms with Gasteiger partial charge in [0.25, 0.3) is 0 Å². The first kappa shape index (κ1) is 13.9. The van der Waals surface area contributed by atoms with E-state index in [0.29, 0.717) is 18.7 Å². The maximum absolute atomic E-state index is 11.2. The minimum absolute atomic E-state index is 0.0932. The van der Waals surface area contributed by atoms with Crippen LogP contribution in [-0.2, 0) is 18.4 Å². The maximum atomic E-state index is 11.2. The molecule has 0 aliphatic carbocycles. The zero-order chi connectivity index (χ0) is 13.5. The molecule has 1 rings (SSSR count). The van der Waals surface area contributed by atoms with Gasteiger partial charge in [-0.2, -0.15) is 0 Å². The van der Waals surface area contributed by atoms with E-state index in [-0.39, 0.29) is 19.2 Å². The summed E-state index contributed by atoms with van der Waals surface area (Å²) in [5.41, 5.74) is 0.428. The Labute approximate surface area is 103 Å². The van der Waals surface area contributed by atoms with E-state index in [4.69, 9.17) is 9.84 Å². The van der Waals surface area contributed by atoms with Crippen molar-refractivity contribution in [1.29, 1.82) is 0 Å². The molecule has 0 radical (unpaired) electrons. The monoisotopic (exact) mass is 259 g/mol. The van der Waals surface area contributed by atoms with Gasteiger partial charge in [0.15, 0.2) is 12.3 Å². The van der Waals surface area contributed by atoms with Crippen LogP contribution >= 0.6 is 0 Å². The number of nitrogens with one attached hydrogen (secondary N) is 1. The molecule has 1 aromatic rings. The first-order chi connectivity index (χ1) is 8.56. The van der Waals surface area contributed by atoms with Gasteiger partial charge in [0.05, 0.1) is 7.05 Å². The number of imidazole rings is 1. The number of ether oxygens (including phenoxy) is 1. The van der Waals surface area contributed by atoms with Crippen LogP contribution in [-0.4, -0.2) is 38.8 Å². The lowest BCUT2D eigenvalue weighted by atomic mass is 10.4. The SMILES string of the molecule is Cn1c(COC(=O)NCCC[OH2+])cnc1[N+](=O)[O-]. The van der Waals surface area contributed by atoms with Crippen LogP contribution in [0.15, 0.2) is 6.20 Å². The van der Waals surface area contributed by atoms with Gasteiger partial charge >= 0.3 is 12.0 Å². The Morgan fingerprint density at radius 2 is 2.44 bits per heavy atom. The van der Waals surface area contributed by atoms with Gasteiger partial charge in [0, 0.05) is 13.0 Å². The average Bonchev–Trinajstić information content (AvgIpc) is 2.68. The van der Waals surface area contributed by atoms with Crippen molar-refractivity contribution >= 4 is 12.0 Å².